The van der Waals surface area contributed by atoms with E-state index >= 15 is 0 Å². The highest BCUT2D eigenvalue weighted by Gasteiger charge is 2.37. The van der Waals surface area contributed by atoms with Gasteiger partial charge in [-0.15, -0.1) is 0 Å². The molecule has 0 spiro atoms. The first-order valence-electron chi connectivity index (χ1n) is 10.6. The van der Waals surface area contributed by atoms with Crippen molar-refractivity contribution in [1.82, 2.24) is 14.2 Å². The first-order valence-corrected chi connectivity index (χ1v) is 12.0. The number of hydrogen-bond acceptors (Lipinski definition) is 7. The van der Waals surface area contributed by atoms with Crippen LogP contribution in [0.4, 0.5) is 11.5 Å². The van der Waals surface area contributed by atoms with E-state index in [1.807, 2.05) is 23.1 Å². The summed E-state index contributed by atoms with van der Waals surface area (Å²) in [6.45, 7) is 2.94. The minimum Gasteiger partial charge on any atom is -0.353 e. The maximum atomic E-state index is 13.0. The zero-order chi connectivity index (χ0) is 22.7. The van der Waals surface area contributed by atoms with Crippen molar-refractivity contribution in [3.63, 3.8) is 0 Å². The molecule has 2 aliphatic heterocycles. The van der Waals surface area contributed by atoms with Gasteiger partial charge in [-0.1, -0.05) is 18.2 Å². The van der Waals surface area contributed by atoms with Crippen molar-refractivity contribution in [3.8, 4) is 0 Å². The van der Waals surface area contributed by atoms with Crippen LogP contribution in [0.5, 0.6) is 0 Å². The van der Waals surface area contributed by atoms with E-state index in [1.165, 1.54) is 28.6 Å². The van der Waals surface area contributed by atoms with Crippen LogP contribution in [0, 0.1) is 16.0 Å². The molecule has 170 valence electrons. The maximum absolute atomic E-state index is 13.0. The number of rotatable bonds is 5. The van der Waals surface area contributed by atoms with Crippen molar-refractivity contribution >= 4 is 27.4 Å². The lowest BCUT2D eigenvalue weighted by atomic mass is 9.96. The second-order valence-electron chi connectivity index (χ2n) is 7.90. The fraction of sp³-hybridized carbons (Fsp3) is 0.429. The predicted octanol–water partition coefficient (Wildman–Crippen LogP) is 1.74. The fourth-order valence-electron chi connectivity index (χ4n) is 4.26. The smallest absolute Gasteiger partial charge is 0.289 e. The zero-order valence-electron chi connectivity index (χ0n) is 17.5. The number of nitrogens with zero attached hydrogens (tertiary/aromatic N) is 5. The summed E-state index contributed by atoms with van der Waals surface area (Å²) >= 11 is 0. The number of aromatic nitrogens is 1. The highest BCUT2D eigenvalue weighted by Crippen LogP contribution is 2.30. The predicted molar refractivity (Wildman–Crippen MR) is 118 cm³/mol. The van der Waals surface area contributed by atoms with E-state index < -0.39 is 20.6 Å². The van der Waals surface area contributed by atoms with Crippen LogP contribution in [0.1, 0.15) is 12.8 Å². The number of pyridine rings is 1. The molecule has 2 saturated heterocycles. The molecular formula is C21H25N5O5S. The second kappa shape index (κ2) is 9.21. The number of carbonyl (C=O) groups is 1. The van der Waals surface area contributed by atoms with E-state index in [9.17, 15) is 23.3 Å². The Hall–Kier alpha value is -3.05. The summed E-state index contributed by atoms with van der Waals surface area (Å²) in [7, 11) is -4.00. The van der Waals surface area contributed by atoms with E-state index in [-0.39, 0.29) is 29.8 Å². The van der Waals surface area contributed by atoms with E-state index in [4.69, 9.17) is 0 Å². The Bertz CT molecular complexity index is 1080. The highest BCUT2D eigenvalue weighted by molar-refractivity contribution is 7.89. The Morgan fingerprint density at radius 2 is 1.62 bits per heavy atom. The largest absolute Gasteiger partial charge is 0.353 e. The van der Waals surface area contributed by atoms with Gasteiger partial charge in [-0.2, -0.15) is 4.31 Å². The third-order valence-electron chi connectivity index (χ3n) is 6.05. The average molecular weight is 460 g/mol. The van der Waals surface area contributed by atoms with Gasteiger partial charge in [0.25, 0.3) is 5.69 Å². The number of anilines is 1. The lowest BCUT2D eigenvalue weighted by Crippen LogP contribution is -2.52. The number of benzene rings is 1. The summed E-state index contributed by atoms with van der Waals surface area (Å²) in [6.07, 6.45) is 2.55. The molecule has 0 N–H and O–H groups in total. The van der Waals surface area contributed by atoms with Gasteiger partial charge in [0.1, 0.15) is 5.82 Å². The van der Waals surface area contributed by atoms with Gasteiger partial charge in [-0.05, 0) is 31.0 Å². The quantitative estimate of drug-likeness (QED) is 0.494. The summed E-state index contributed by atoms with van der Waals surface area (Å²) in [5, 5.41) is 11.2. The molecule has 1 aromatic heterocycles. The van der Waals surface area contributed by atoms with Gasteiger partial charge in [-0.25, -0.2) is 13.4 Å². The Morgan fingerprint density at radius 3 is 2.25 bits per heavy atom. The Balaban J connectivity index is 1.35. The number of amides is 1. The molecule has 32 heavy (non-hydrogen) atoms. The minimum absolute atomic E-state index is 0.0495. The second-order valence-corrected chi connectivity index (χ2v) is 9.81. The molecule has 1 amide bonds. The van der Waals surface area contributed by atoms with Crippen molar-refractivity contribution in [2.24, 2.45) is 5.92 Å². The van der Waals surface area contributed by atoms with Crippen LogP contribution in [-0.2, 0) is 14.8 Å². The lowest BCUT2D eigenvalue weighted by Gasteiger charge is -2.38. The average Bonchev–Trinajstić information content (AvgIpc) is 2.84. The molecule has 4 rings (SSSR count). The number of nitro benzene ring substituents is 1. The number of nitro groups is 1. The summed E-state index contributed by atoms with van der Waals surface area (Å²) in [4.78, 5) is 31.6. The molecule has 2 aromatic rings. The molecule has 0 unspecified atom stereocenters. The Labute approximate surface area is 186 Å². The van der Waals surface area contributed by atoms with Crippen LogP contribution < -0.4 is 4.90 Å². The molecule has 0 radical (unpaired) electrons. The number of piperazine rings is 1. The van der Waals surface area contributed by atoms with Crippen LogP contribution >= 0.6 is 0 Å². The van der Waals surface area contributed by atoms with Crippen LogP contribution in [-0.4, -0.2) is 72.7 Å². The molecule has 0 bridgehead atoms. The SMILES string of the molecule is O=C(C1CCN(S(=O)(=O)c2ccccc2[N+](=O)[O-])CC1)N1CCN(c2ccccn2)CC1. The third-order valence-corrected chi connectivity index (χ3v) is 7.99. The molecule has 11 heteroatoms. The van der Waals surface area contributed by atoms with Gasteiger partial charge in [0, 0.05) is 57.4 Å². The number of piperidine rings is 1. The van der Waals surface area contributed by atoms with Crippen molar-refractivity contribution in [1.29, 1.82) is 0 Å². The standard InChI is InChI=1S/C21H25N5O5S/c27-21(24-15-13-23(14-16-24)20-7-3-4-10-22-20)17-8-11-25(12-9-17)32(30,31)19-6-2-1-5-18(19)26(28)29/h1-7,10,17H,8-9,11-16H2. The van der Waals surface area contributed by atoms with Crippen molar-refractivity contribution in [2.75, 3.05) is 44.2 Å². The number of sulfonamides is 1. The first kappa shape index (κ1) is 22.2. The molecule has 3 heterocycles. The molecule has 10 nitrogen and oxygen atoms in total. The number of hydrogen-bond donors (Lipinski definition) is 0. The summed E-state index contributed by atoms with van der Waals surface area (Å²) in [6, 6.07) is 11.1. The van der Waals surface area contributed by atoms with Crippen LogP contribution in [0.3, 0.4) is 0 Å². The summed E-state index contributed by atoms with van der Waals surface area (Å²) < 4.78 is 27.2. The van der Waals surface area contributed by atoms with Gasteiger partial charge >= 0.3 is 0 Å². The molecule has 0 aliphatic carbocycles. The third kappa shape index (κ3) is 4.44. The highest BCUT2D eigenvalue weighted by atomic mass is 32.2. The van der Waals surface area contributed by atoms with Gasteiger partial charge in [0.2, 0.25) is 15.9 Å². The number of para-hydroxylation sites is 1. The molecule has 1 aromatic carbocycles. The molecule has 2 fully saturated rings. The molecule has 0 saturated carbocycles. The van der Waals surface area contributed by atoms with E-state index in [2.05, 4.69) is 9.88 Å². The van der Waals surface area contributed by atoms with Crippen molar-refractivity contribution in [3.05, 3.63) is 58.8 Å². The maximum Gasteiger partial charge on any atom is 0.289 e. The minimum atomic E-state index is -4.00. The first-order chi connectivity index (χ1) is 15.4. The van der Waals surface area contributed by atoms with Crippen LogP contribution in [0.25, 0.3) is 0 Å². The fourth-order valence-corrected chi connectivity index (χ4v) is 5.89. The molecule has 0 atom stereocenters. The van der Waals surface area contributed by atoms with Gasteiger partial charge in [0.05, 0.1) is 4.92 Å². The van der Waals surface area contributed by atoms with E-state index in [1.54, 1.807) is 6.20 Å². The molecule has 2 aliphatic rings. The van der Waals surface area contributed by atoms with Gasteiger partial charge in [-0.3, -0.25) is 14.9 Å². The van der Waals surface area contributed by atoms with Gasteiger partial charge in [0.15, 0.2) is 4.90 Å². The zero-order valence-corrected chi connectivity index (χ0v) is 18.4. The molecular weight excluding hydrogens is 434 g/mol. The Morgan fingerprint density at radius 1 is 0.969 bits per heavy atom. The summed E-state index contributed by atoms with van der Waals surface area (Å²) in [5.41, 5.74) is -0.434. The monoisotopic (exact) mass is 459 g/mol. The normalized spacial score (nSPS) is 18.5. The van der Waals surface area contributed by atoms with Gasteiger partial charge < -0.3 is 9.80 Å². The lowest BCUT2D eigenvalue weighted by molar-refractivity contribution is -0.387. The topological polar surface area (TPSA) is 117 Å². The van der Waals surface area contributed by atoms with Crippen LogP contribution in [0.15, 0.2) is 53.6 Å². The number of carbonyl (C=O) groups excluding carboxylic acids is 1. The van der Waals surface area contributed by atoms with E-state index in [0.29, 0.717) is 39.0 Å². The van der Waals surface area contributed by atoms with E-state index in [0.717, 1.165) is 5.82 Å². The summed E-state index contributed by atoms with van der Waals surface area (Å²) in [5.74, 6) is 0.704. The van der Waals surface area contributed by atoms with Crippen LogP contribution in [0.2, 0.25) is 0 Å². The van der Waals surface area contributed by atoms with Crippen molar-refractivity contribution < 1.29 is 18.1 Å². The Kier molecular flexibility index (Phi) is 6.38. The van der Waals surface area contributed by atoms with Crippen molar-refractivity contribution in [2.45, 2.75) is 17.7 Å².